The molecule has 37 heavy (non-hydrogen) atoms. The molecule has 0 aliphatic heterocycles. The van der Waals surface area contributed by atoms with Crippen molar-refractivity contribution in [1.82, 2.24) is 0 Å². The van der Waals surface area contributed by atoms with Gasteiger partial charge in [0, 0.05) is 0 Å². The fourth-order valence-electron chi connectivity index (χ4n) is 3.77. The summed E-state index contributed by atoms with van der Waals surface area (Å²) in [4.78, 5) is 4.03. The smallest absolute Gasteiger partial charge is 0.485 e. The lowest BCUT2D eigenvalue weighted by Crippen LogP contribution is -2.21. The van der Waals surface area contributed by atoms with Crippen molar-refractivity contribution in [1.29, 1.82) is 0 Å². The number of hydrogen-bond acceptors (Lipinski definition) is 3. The Labute approximate surface area is 216 Å². The molecule has 0 N–H and O–H groups in total. The first kappa shape index (κ1) is 26.5. The summed E-state index contributed by atoms with van der Waals surface area (Å²) in [6.07, 6.45) is 0. The Hall–Kier alpha value is -3.59. The van der Waals surface area contributed by atoms with Gasteiger partial charge < -0.3 is 4.55 Å². The second-order valence-electron chi connectivity index (χ2n) is 7.88. The zero-order valence-corrected chi connectivity index (χ0v) is 20.9. The van der Waals surface area contributed by atoms with Crippen molar-refractivity contribution >= 4 is 31.8 Å². The van der Waals surface area contributed by atoms with Crippen LogP contribution in [0.1, 0.15) is 0 Å². The topological polar surface area (TPSA) is 57.2 Å². The molecule has 8 heteroatoms. The van der Waals surface area contributed by atoms with Gasteiger partial charge in [-0.05, 0) is 70.4 Å². The van der Waals surface area contributed by atoms with E-state index in [-0.39, 0.29) is 10.9 Å². The molecule has 0 unspecified atom stereocenters. The molecule has 0 fully saturated rings. The Morgan fingerprint density at radius 3 is 1.51 bits per heavy atom. The molecule has 0 aliphatic carbocycles. The molecule has 0 aromatic heterocycles. The Kier molecular flexibility index (Phi) is 8.02. The number of halogens is 3. The number of alkyl halides is 3. The molecule has 0 aliphatic rings. The van der Waals surface area contributed by atoms with Crippen molar-refractivity contribution in [3.8, 4) is 11.1 Å². The molecule has 0 amide bonds. The maximum absolute atomic E-state index is 10.7. The Balaban J connectivity index is 0.000000349. The third-order valence-electron chi connectivity index (χ3n) is 5.43. The van der Waals surface area contributed by atoms with Gasteiger partial charge in [-0.15, -0.1) is 0 Å². The fourth-order valence-corrected chi connectivity index (χ4v) is 5.85. The quantitative estimate of drug-likeness (QED) is 0.134. The molecule has 0 saturated heterocycles. The van der Waals surface area contributed by atoms with E-state index < -0.39 is 15.6 Å². The SMILES string of the molecule is O=S(=O)([O-])C(F)(F)F.c1ccc([S+](c2ccccc2)c2ccc(-c3cccc4ccccc34)cc2)cc1. The summed E-state index contributed by atoms with van der Waals surface area (Å²) in [7, 11) is -6.20. The van der Waals surface area contributed by atoms with Gasteiger partial charge in [0.15, 0.2) is 24.8 Å². The van der Waals surface area contributed by atoms with E-state index >= 15 is 0 Å². The predicted molar refractivity (Wildman–Crippen MR) is 140 cm³/mol. The molecule has 0 atom stereocenters. The predicted octanol–water partition coefficient (Wildman–Crippen LogP) is 7.65. The van der Waals surface area contributed by atoms with E-state index in [1.807, 2.05) is 0 Å². The average molecular weight is 539 g/mol. The highest BCUT2D eigenvalue weighted by Gasteiger charge is 2.37. The summed E-state index contributed by atoms with van der Waals surface area (Å²) < 4.78 is 58.9. The van der Waals surface area contributed by atoms with Crippen LogP contribution in [0.5, 0.6) is 0 Å². The standard InChI is InChI=1S/C28H21S.CHF3O3S/c1-3-12-24(13-4-1)29(25-14-5-2-6-15-25)26-20-18-23(19-21-26)28-17-9-11-22-10-7-8-16-27(22)28;2-1(3,4)8(5,6)7/h1-21H;(H,5,6,7)/q+1;/p-1. The second-order valence-corrected chi connectivity index (χ2v) is 11.3. The molecule has 188 valence electrons. The first-order valence-electron chi connectivity index (χ1n) is 11.1. The number of rotatable bonds is 4. The number of benzene rings is 5. The van der Waals surface area contributed by atoms with Crippen molar-refractivity contribution in [2.45, 2.75) is 20.2 Å². The minimum atomic E-state index is -6.09. The van der Waals surface area contributed by atoms with E-state index in [0.29, 0.717) is 0 Å². The molecule has 5 rings (SSSR count). The van der Waals surface area contributed by atoms with Gasteiger partial charge in [-0.1, -0.05) is 78.9 Å². The molecule has 0 radical (unpaired) electrons. The van der Waals surface area contributed by atoms with Crippen LogP contribution in [-0.4, -0.2) is 18.5 Å². The van der Waals surface area contributed by atoms with Crippen LogP contribution in [0.15, 0.2) is 142 Å². The van der Waals surface area contributed by atoms with Crippen LogP contribution in [0.4, 0.5) is 13.2 Å². The van der Waals surface area contributed by atoms with Crippen LogP contribution in [0.3, 0.4) is 0 Å². The lowest BCUT2D eigenvalue weighted by molar-refractivity contribution is -0.0517. The minimum Gasteiger partial charge on any atom is -0.741 e. The highest BCUT2D eigenvalue weighted by atomic mass is 32.2. The Morgan fingerprint density at radius 1 is 0.568 bits per heavy atom. The highest BCUT2D eigenvalue weighted by molar-refractivity contribution is 7.97. The molecular weight excluding hydrogens is 517 g/mol. The summed E-state index contributed by atoms with van der Waals surface area (Å²) in [5.74, 6) is 0. The molecule has 5 aromatic rings. The molecule has 5 aromatic carbocycles. The van der Waals surface area contributed by atoms with E-state index in [4.69, 9.17) is 13.0 Å². The Bertz CT molecular complexity index is 1530. The lowest BCUT2D eigenvalue weighted by atomic mass is 9.98. The summed E-state index contributed by atoms with van der Waals surface area (Å²) in [6.45, 7) is 0. The monoisotopic (exact) mass is 538 g/mol. The van der Waals surface area contributed by atoms with Gasteiger partial charge >= 0.3 is 5.51 Å². The summed E-state index contributed by atoms with van der Waals surface area (Å²) >= 11 is 0. The summed E-state index contributed by atoms with van der Waals surface area (Å²) in [5, 5.41) is 2.58. The third-order valence-corrected chi connectivity index (χ3v) is 8.23. The zero-order valence-electron chi connectivity index (χ0n) is 19.3. The molecule has 0 spiro atoms. The zero-order chi connectivity index (χ0) is 26.5. The van der Waals surface area contributed by atoms with E-state index in [1.54, 1.807) is 0 Å². The second kappa shape index (κ2) is 11.2. The van der Waals surface area contributed by atoms with Crippen LogP contribution in [0.25, 0.3) is 21.9 Å². The van der Waals surface area contributed by atoms with Crippen LogP contribution < -0.4 is 0 Å². The highest BCUT2D eigenvalue weighted by Crippen LogP contribution is 2.34. The average Bonchev–Trinajstić information content (AvgIpc) is 2.89. The van der Waals surface area contributed by atoms with E-state index in [2.05, 4.69) is 127 Å². The van der Waals surface area contributed by atoms with Crippen molar-refractivity contribution in [3.05, 3.63) is 127 Å². The van der Waals surface area contributed by atoms with Gasteiger partial charge in [-0.3, -0.25) is 0 Å². The maximum atomic E-state index is 10.7. The molecule has 0 saturated carbocycles. The van der Waals surface area contributed by atoms with Crippen LogP contribution in [0, 0.1) is 0 Å². The third kappa shape index (κ3) is 6.40. The molecule has 0 bridgehead atoms. The first-order valence-corrected chi connectivity index (χ1v) is 13.7. The Morgan fingerprint density at radius 2 is 1.00 bits per heavy atom. The van der Waals surface area contributed by atoms with Crippen molar-refractivity contribution in [2.24, 2.45) is 0 Å². The van der Waals surface area contributed by atoms with Crippen LogP contribution >= 0.6 is 0 Å². The van der Waals surface area contributed by atoms with E-state index in [9.17, 15) is 13.2 Å². The maximum Gasteiger partial charge on any atom is 0.485 e. The first-order chi connectivity index (χ1) is 17.6. The molecular formula is C29H21F3O3S2. The van der Waals surface area contributed by atoms with Gasteiger partial charge in [0.1, 0.15) is 0 Å². The number of fused-ring (bicyclic) bond motifs is 1. The van der Waals surface area contributed by atoms with Gasteiger partial charge in [-0.2, -0.15) is 13.2 Å². The van der Waals surface area contributed by atoms with Crippen molar-refractivity contribution in [3.63, 3.8) is 0 Å². The van der Waals surface area contributed by atoms with Gasteiger partial charge in [0.25, 0.3) is 0 Å². The van der Waals surface area contributed by atoms with Crippen molar-refractivity contribution < 1.29 is 26.1 Å². The minimum absolute atomic E-state index is 0.106. The van der Waals surface area contributed by atoms with E-state index in [0.717, 1.165) is 0 Å². The summed E-state index contributed by atoms with van der Waals surface area (Å²) in [5.41, 5.74) is -3.10. The van der Waals surface area contributed by atoms with Crippen LogP contribution in [0.2, 0.25) is 0 Å². The lowest BCUT2D eigenvalue weighted by Gasteiger charge is -2.10. The van der Waals surface area contributed by atoms with Gasteiger partial charge in [0.2, 0.25) is 0 Å². The van der Waals surface area contributed by atoms with Gasteiger partial charge in [-0.25, -0.2) is 8.42 Å². The van der Waals surface area contributed by atoms with Crippen molar-refractivity contribution in [2.75, 3.05) is 0 Å². The number of hydrogen-bond donors (Lipinski definition) is 0. The van der Waals surface area contributed by atoms with E-state index in [1.165, 1.54) is 36.6 Å². The molecule has 3 nitrogen and oxygen atoms in total. The fraction of sp³-hybridized carbons (Fsp3) is 0.0345. The molecule has 0 heterocycles. The van der Waals surface area contributed by atoms with Gasteiger partial charge in [0.05, 0.1) is 10.9 Å². The normalized spacial score (nSPS) is 11.7. The summed E-state index contributed by atoms with van der Waals surface area (Å²) in [6, 6.07) is 45.8. The largest absolute Gasteiger partial charge is 0.741 e. The van der Waals surface area contributed by atoms with Crippen LogP contribution in [-0.2, 0) is 21.0 Å².